The van der Waals surface area contributed by atoms with E-state index in [2.05, 4.69) is 89.8 Å². The summed E-state index contributed by atoms with van der Waals surface area (Å²) in [6.45, 7) is 1.43. The number of nitrogens with zero attached hydrogens (tertiary/aromatic N) is 1. The molecule has 0 aromatic heterocycles. The van der Waals surface area contributed by atoms with Crippen molar-refractivity contribution in [2.45, 2.75) is 31.2 Å². The van der Waals surface area contributed by atoms with Crippen LogP contribution in [0.4, 0.5) is 0 Å². The topological polar surface area (TPSA) is 23.5 Å². The largest absolute Gasteiger partial charge is 0.379 e. The number of hydrogen-bond acceptors (Lipinski definition) is 2. The third kappa shape index (κ3) is 5.89. The van der Waals surface area contributed by atoms with Gasteiger partial charge in [0.1, 0.15) is 5.60 Å². The summed E-state index contributed by atoms with van der Waals surface area (Å²) in [5.41, 5.74) is 4.20. The van der Waals surface area contributed by atoms with Gasteiger partial charge in [-0.1, -0.05) is 152 Å². The minimum Gasteiger partial charge on any atom is -0.379 e. The number of rotatable bonds is 10. The van der Waals surface area contributed by atoms with Gasteiger partial charge in [0.05, 0.1) is 6.04 Å². The molecule has 0 radical (unpaired) electrons. The highest BCUT2D eigenvalue weighted by Gasteiger charge is 2.43. The van der Waals surface area contributed by atoms with E-state index in [0.29, 0.717) is 6.42 Å². The molecule has 0 fully saturated rings. The third-order valence-electron chi connectivity index (χ3n) is 7.08. The first-order valence-electron chi connectivity index (χ1n) is 12.9. The lowest BCUT2D eigenvalue weighted by molar-refractivity contribution is -0.0286. The normalized spacial score (nSPS) is 12.4. The van der Waals surface area contributed by atoms with Gasteiger partial charge in [-0.15, -0.1) is 0 Å². The van der Waals surface area contributed by atoms with Crippen LogP contribution in [-0.4, -0.2) is 16.0 Å². The fourth-order valence-corrected chi connectivity index (χ4v) is 5.23. The molecule has 0 heterocycles. The quantitative estimate of drug-likeness (QED) is 0.226. The second-order valence-corrected chi connectivity index (χ2v) is 9.58. The molecule has 0 unspecified atom stereocenters. The maximum Gasteiger partial charge on any atom is 0.130 e. The maximum absolute atomic E-state index is 13.0. The van der Waals surface area contributed by atoms with Crippen LogP contribution in [0.2, 0.25) is 0 Å². The Morgan fingerprint density at radius 1 is 0.459 bits per heavy atom. The highest BCUT2D eigenvalue weighted by molar-refractivity contribution is 5.39. The molecule has 37 heavy (non-hydrogen) atoms. The van der Waals surface area contributed by atoms with Gasteiger partial charge in [-0.3, -0.25) is 4.90 Å². The summed E-state index contributed by atoms with van der Waals surface area (Å²) in [7, 11) is 0. The Kier molecular flexibility index (Phi) is 7.90. The fourth-order valence-electron chi connectivity index (χ4n) is 5.23. The summed E-state index contributed by atoms with van der Waals surface area (Å²) in [5.74, 6) is 0. The second kappa shape index (κ2) is 11.8. The molecule has 2 heteroatoms. The van der Waals surface area contributed by atoms with Gasteiger partial charge in [-0.05, 0) is 34.2 Å². The minimum atomic E-state index is -1.23. The molecule has 0 saturated heterocycles. The standard InChI is InChI=1S/C35H33NO/c37-35(32-22-12-4-13-23-32,33-24-14-5-15-25-33)34(26-29-16-6-1-7-17-29)36(27-30-18-8-2-9-19-30)28-31-20-10-3-11-21-31/h1-25,34,37H,26-28H2/t34-/m0/s1. The second-order valence-electron chi connectivity index (χ2n) is 9.58. The predicted octanol–water partition coefficient (Wildman–Crippen LogP) is 7.24. The monoisotopic (exact) mass is 483 g/mol. The summed E-state index contributed by atoms with van der Waals surface area (Å²) < 4.78 is 0. The summed E-state index contributed by atoms with van der Waals surface area (Å²) in [5, 5.41) is 13.0. The molecule has 5 rings (SSSR count). The first kappa shape index (κ1) is 24.7. The van der Waals surface area contributed by atoms with E-state index in [4.69, 9.17) is 0 Å². The van der Waals surface area contributed by atoms with Gasteiger partial charge in [0.15, 0.2) is 0 Å². The molecule has 184 valence electrons. The van der Waals surface area contributed by atoms with Crippen molar-refractivity contribution in [1.29, 1.82) is 0 Å². The lowest BCUT2D eigenvalue weighted by atomic mass is 9.76. The molecule has 5 aromatic rings. The fraction of sp³-hybridized carbons (Fsp3) is 0.143. The predicted molar refractivity (Wildman–Crippen MR) is 152 cm³/mol. The molecule has 2 nitrogen and oxygen atoms in total. The Bertz CT molecular complexity index is 1260. The molecule has 0 spiro atoms. The van der Waals surface area contributed by atoms with Crippen molar-refractivity contribution >= 4 is 0 Å². The van der Waals surface area contributed by atoms with Crippen LogP contribution in [0.25, 0.3) is 0 Å². The number of aliphatic hydroxyl groups is 1. The van der Waals surface area contributed by atoms with Gasteiger partial charge >= 0.3 is 0 Å². The van der Waals surface area contributed by atoms with Crippen molar-refractivity contribution in [2.75, 3.05) is 0 Å². The molecular formula is C35H33NO. The van der Waals surface area contributed by atoms with Crippen molar-refractivity contribution in [3.05, 3.63) is 179 Å². The van der Waals surface area contributed by atoms with Gasteiger partial charge in [-0.2, -0.15) is 0 Å². The van der Waals surface area contributed by atoms with Crippen LogP contribution >= 0.6 is 0 Å². The Morgan fingerprint density at radius 3 is 1.16 bits per heavy atom. The molecule has 5 aromatic carbocycles. The first-order valence-corrected chi connectivity index (χ1v) is 12.9. The summed E-state index contributed by atoms with van der Waals surface area (Å²) in [6.07, 6.45) is 0.695. The minimum absolute atomic E-state index is 0.236. The first-order chi connectivity index (χ1) is 18.2. The van der Waals surface area contributed by atoms with Crippen molar-refractivity contribution in [2.24, 2.45) is 0 Å². The van der Waals surface area contributed by atoms with Crippen LogP contribution in [-0.2, 0) is 25.1 Å². The zero-order valence-corrected chi connectivity index (χ0v) is 21.0. The Morgan fingerprint density at radius 2 is 0.784 bits per heavy atom. The van der Waals surface area contributed by atoms with Gasteiger partial charge in [0.2, 0.25) is 0 Å². The molecule has 0 saturated carbocycles. The Labute approximate surface area is 220 Å². The van der Waals surface area contributed by atoms with Crippen molar-refractivity contribution in [3.8, 4) is 0 Å². The van der Waals surface area contributed by atoms with E-state index in [9.17, 15) is 5.11 Å². The Balaban J connectivity index is 1.68. The summed E-state index contributed by atoms with van der Waals surface area (Å²) in [4.78, 5) is 2.44. The SMILES string of the molecule is OC(c1ccccc1)(c1ccccc1)[C@H](Cc1ccccc1)N(Cc1ccccc1)Cc1ccccc1. The highest BCUT2D eigenvalue weighted by atomic mass is 16.3. The van der Waals surface area contributed by atoms with E-state index < -0.39 is 5.60 Å². The lowest BCUT2D eigenvalue weighted by Crippen LogP contribution is -2.52. The smallest absolute Gasteiger partial charge is 0.130 e. The van der Waals surface area contributed by atoms with E-state index >= 15 is 0 Å². The average molecular weight is 484 g/mol. The van der Waals surface area contributed by atoms with Crippen molar-refractivity contribution in [1.82, 2.24) is 4.90 Å². The van der Waals surface area contributed by atoms with E-state index in [1.54, 1.807) is 0 Å². The highest BCUT2D eigenvalue weighted by Crippen LogP contribution is 2.38. The van der Waals surface area contributed by atoms with Gasteiger partial charge in [-0.25, -0.2) is 0 Å². The van der Waals surface area contributed by atoms with E-state index in [-0.39, 0.29) is 6.04 Å². The maximum atomic E-state index is 13.0. The number of benzene rings is 5. The van der Waals surface area contributed by atoms with Crippen LogP contribution in [0, 0.1) is 0 Å². The molecule has 0 bridgehead atoms. The molecule has 1 atom stereocenters. The van der Waals surface area contributed by atoms with E-state index in [1.165, 1.54) is 16.7 Å². The van der Waals surface area contributed by atoms with E-state index in [1.807, 2.05) is 66.7 Å². The summed E-state index contributed by atoms with van der Waals surface area (Å²) in [6, 6.07) is 51.7. The van der Waals surface area contributed by atoms with Gasteiger partial charge < -0.3 is 5.11 Å². The summed E-state index contributed by atoms with van der Waals surface area (Å²) >= 11 is 0. The van der Waals surface area contributed by atoms with Crippen LogP contribution < -0.4 is 0 Å². The third-order valence-corrected chi connectivity index (χ3v) is 7.08. The lowest BCUT2D eigenvalue weighted by Gasteiger charge is -2.44. The van der Waals surface area contributed by atoms with Crippen molar-refractivity contribution < 1.29 is 5.11 Å². The van der Waals surface area contributed by atoms with Gasteiger partial charge in [0.25, 0.3) is 0 Å². The van der Waals surface area contributed by atoms with Gasteiger partial charge in [0, 0.05) is 13.1 Å². The van der Waals surface area contributed by atoms with E-state index in [0.717, 1.165) is 24.2 Å². The molecule has 0 amide bonds. The zero-order chi connectivity index (χ0) is 25.3. The van der Waals surface area contributed by atoms with Crippen LogP contribution in [0.3, 0.4) is 0 Å². The molecule has 1 N–H and O–H groups in total. The molecule has 0 aliphatic rings. The van der Waals surface area contributed by atoms with Crippen molar-refractivity contribution in [3.63, 3.8) is 0 Å². The van der Waals surface area contributed by atoms with Crippen LogP contribution in [0.15, 0.2) is 152 Å². The zero-order valence-electron chi connectivity index (χ0n) is 21.0. The Hall–Kier alpha value is -3.98. The molecule has 0 aliphatic heterocycles. The molecule has 0 aliphatic carbocycles. The van der Waals surface area contributed by atoms with Crippen LogP contribution in [0.1, 0.15) is 27.8 Å². The van der Waals surface area contributed by atoms with Crippen LogP contribution in [0.5, 0.6) is 0 Å². The molecular weight excluding hydrogens is 450 g/mol. The number of hydrogen-bond donors (Lipinski definition) is 1. The average Bonchev–Trinajstić information content (AvgIpc) is 2.98.